The molecule has 1 aliphatic heterocycles. The molecule has 17 heteroatoms. The average molecular weight is 993 g/mol. The highest BCUT2D eigenvalue weighted by molar-refractivity contribution is 9.10. The second-order valence-corrected chi connectivity index (χ2v) is 21.0. The molecule has 316 valence electrons. The normalized spacial score (nSPS) is 12.6. The Morgan fingerprint density at radius 1 is 0.820 bits per heavy atom. The Morgan fingerprint density at radius 3 is 1.74 bits per heavy atom. The van der Waals surface area contributed by atoms with Crippen LogP contribution < -0.4 is 11.5 Å². The fourth-order valence-corrected chi connectivity index (χ4v) is 6.68. The van der Waals surface area contributed by atoms with Gasteiger partial charge in [0.2, 0.25) is 5.91 Å². The Morgan fingerprint density at radius 2 is 1.30 bits per heavy atom. The van der Waals surface area contributed by atoms with E-state index in [1.165, 1.54) is 77.5 Å². The van der Waals surface area contributed by atoms with Crippen molar-refractivity contribution in [2.24, 2.45) is 5.73 Å². The minimum absolute atomic E-state index is 0.0385. The van der Waals surface area contributed by atoms with Gasteiger partial charge in [-0.15, -0.1) is 12.0 Å². The molecule has 7 nitrogen and oxygen atoms in total. The van der Waals surface area contributed by atoms with Gasteiger partial charge in [0.05, 0.1) is 27.2 Å². The van der Waals surface area contributed by atoms with Gasteiger partial charge in [0.25, 0.3) is 5.91 Å². The first-order valence-electron chi connectivity index (χ1n) is 17.7. The van der Waals surface area contributed by atoms with Crippen molar-refractivity contribution in [2.75, 3.05) is 18.8 Å². The number of benzene rings is 4. The number of likely N-dealkylation sites (tertiary alicyclic amines) is 1. The number of primary amides is 1. The maximum atomic E-state index is 13.9. The summed E-state index contributed by atoms with van der Waals surface area (Å²) in [6.07, 6.45) is 6.80. The van der Waals surface area contributed by atoms with Crippen LogP contribution in [0.1, 0.15) is 45.2 Å². The number of nitrogens with two attached hydrogens (primary N) is 2. The lowest BCUT2D eigenvalue weighted by molar-refractivity contribution is -0.125. The maximum absolute atomic E-state index is 13.9. The van der Waals surface area contributed by atoms with Gasteiger partial charge in [-0.2, -0.15) is 5.10 Å². The van der Waals surface area contributed by atoms with Crippen LogP contribution in [-0.4, -0.2) is 47.7 Å². The van der Waals surface area contributed by atoms with Crippen LogP contribution in [0.4, 0.5) is 23.4 Å². The van der Waals surface area contributed by atoms with Crippen molar-refractivity contribution in [3.05, 3.63) is 161 Å². The lowest BCUT2D eigenvalue weighted by Crippen LogP contribution is -2.27. The Balaban J connectivity index is 0.000000248. The van der Waals surface area contributed by atoms with Crippen LogP contribution in [0.25, 0.3) is 0 Å². The monoisotopic (exact) mass is 989 g/mol. The molecule has 2 amide bonds. The number of rotatable bonds is 3. The zero-order chi connectivity index (χ0) is 45.6. The van der Waals surface area contributed by atoms with E-state index in [0.29, 0.717) is 49.6 Å². The lowest BCUT2D eigenvalue weighted by Gasteiger charge is -2.15. The molecule has 5 aromatic rings. The van der Waals surface area contributed by atoms with E-state index in [0.717, 1.165) is 0 Å². The molecule has 6 rings (SSSR count). The third-order valence-electron chi connectivity index (χ3n) is 7.90. The first-order chi connectivity index (χ1) is 28.6. The fraction of sp³-hybridized carbons (Fsp3) is 0.159. The summed E-state index contributed by atoms with van der Waals surface area (Å²) in [6.45, 7) is 10.7. The molecule has 4 aromatic carbocycles. The number of nitrogens with zero attached hydrogens (tertiary/aromatic N) is 3. The van der Waals surface area contributed by atoms with Crippen LogP contribution in [0.5, 0.6) is 0 Å². The van der Waals surface area contributed by atoms with Gasteiger partial charge >= 0.3 is 0 Å². The molecule has 0 aliphatic carbocycles. The summed E-state index contributed by atoms with van der Waals surface area (Å²) in [5.74, 6) is 7.78. The molecule has 61 heavy (non-hydrogen) atoms. The highest BCUT2D eigenvalue weighted by Crippen LogP contribution is 2.28. The van der Waals surface area contributed by atoms with Gasteiger partial charge < -0.3 is 16.4 Å². The standard InChI is InChI=1S/C19H17ClFN5O2.C11H12ClFSi.C8H4ClF.C6H3BrClF/c1-2-16(27)25-8-7-13(10-25)26-18(22)17(19(23)28)15(24-26)6-3-11-9-12(20)4-5-14(11)21;1-14(2,3)7-6-9-8-10(12)4-5-11(9)13;1-2-6-5-7(9)3-4-8(6)10;7-5-3-4(8)1-2-6(5)9/h2,4-5,9,13H,1,7-8,10,22H2,(H2,23,28);4-5,8H,1-3H3;1,3-5H;1-3H/t13-;;;/m0.../s1. The summed E-state index contributed by atoms with van der Waals surface area (Å²) < 4.78 is 53.9. The summed E-state index contributed by atoms with van der Waals surface area (Å²) in [4.78, 5) is 25.3. The summed E-state index contributed by atoms with van der Waals surface area (Å²) in [5.41, 5.74) is 15.3. The molecule has 0 spiro atoms. The van der Waals surface area contributed by atoms with Crippen LogP contribution in [0.15, 0.2) is 89.9 Å². The van der Waals surface area contributed by atoms with Crippen LogP contribution >= 0.6 is 62.3 Å². The van der Waals surface area contributed by atoms with Gasteiger partial charge in [-0.1, -0.05) is 90.4 Å². The molecule has 1 saturated heterocycles. The minimum Gasteiger partial charge on any atom is -0.383 e. The second kappa shape index (κ2) is 23.2. The van der Waals surface area contributed by atoms with Gasteiger partial charge in [0, 0.05) is 33.2 Å². The van der Waals surface area contributed by atoms with E-state index in [4.69, 9.17) is 64.3 Å². The predicted octanol–water partition coefficient (Wildman–Crippen LogP) is 11.1. The van der Waals surface area contributed by atoms with E-state index in [2.05, 4.69) is 76.5 Å². The van der Waals surface area contributed by atoms with Gasteiger partial charge in [0.1, 0.15) is 42.7 Å². The Labute approximate surface area is 381 Å². The number of carbonyl (C=O) groups excluding carboxylic acids is 2. The number of nitrogen functional groups attached to an aromatic ring is 1. The molecular formula is C44H36BrCl4F4N5O2Si. The molecular weight excluding hydrogens is 956 g/mol. The molecule has 0 unspecified atom stereocenters. The first kappa shape index (κ1) is 50.2. The third kappa shape index (κ3) is 15.7. The highest BCUT2D eigenvalue weighted by atomic mass is 79.9. The van der Waals surface area contributed by atoms with Crippen molar-refractivity contribution in [3.63, 3.8) is 0 Å². The van der Waals surface area contributed by atoms with Crippen LogP contribution in [0, 0.1) is 58.9 Å². The van der Waals surface area contributed by atoms with E-state index in [9.17, 15) is 27.2 Å². The quantitative estimate of drug-likeness (QED) is 0.0617. The number of carbonyl (C=O) groups is 2. The van der Waals surface area contributed by atoms with E-state index in [1.807, 2.05) is 0 Å². The molecule has 2 heterocycles. The summed E-state index contributed by atoms with van der Waals surface area (Å²) in [6, 6.07) is 16.6. The number of hydrogen-bond donors (Lipinski definition) is 2. The van der Waals surface area contributed by atoms with Crippen molar-refractivity contribution in [1.82, 2.24) is 14.7 Å². The molecule has 1 atom stereocenters. The number of anilines is 1. The van der Waals surface area contributed by atoms with Gasteiger partial charge in [-0.3, -0.25) is 9.59 Å². The molecule has 0 saturated carbocycles. The largest absolute Gasteiger partial charge is 0.383 e. The van der Waals surface area contributed by atoms with Crippen molar-refractivity contribution in [1.29, 1.82) is 0 Å². The Bertz CT molecular complexity index is 2610. The van der Waals surface area contributed by atoms with Crippen LogP contribution in [-0.2, 0) is 4.79 Å². The molecule has 0 bridgehead atoms. The van der Waals surface area contributed by atoms with Crippen molar-refractivity contribution in [2.45, 2.75) is 32.1 Å². The topological polar surface area (TPSA) is 107 Å². The number of halogens is 9. The highest BCUT2D eigenvalue weighted by Gasteiger charge is 2.30. The fourth-order valence-electron chi connectivity index (χ4n) is 4.97. The SMILES string of the molecule is C#Cc1cc(Cl)ccc1F.C=CC(=O)N1CC[C@H](n2nc(C#Cc3cc(Cl)ccc3F)c(C(N)=O)c2N)C1.C[Si](C)(C)C#Cc1cc(Cl)ccc1F.Fc1ccc(Cl)cc1Br. The third-order valence-corrected chi connectivity index (χ3v) is 10.3. The van der Waals surface area contributed by atoms with Crippen LogP contribution in [0.2, 0.25) is 39.7 Å². The zero-order valence-corrected chi connectivity index (χ0v) is 38.3. The Hall–Kier alpha value is -5.17. The predicted molar refractivity (Wildman–Crippen MR) is 243 cm³/mol. The molecule has 1 aromatic heterocycles. The summed E-state index contributed by atoms with van der Waals surface area (Å²) >= 11 is 25.6. The number of amides is 2. The Kier molecular flexibility index (Phi) is 19.0. The summed E-state index contributed by atoms with van der Waals surface area (Å²) in [5, 5.41) is 6.12. The number of terminal acetylenes is 1. The molecule has 1 fully saturated rings. The summed E-state index contributed by atoms with van der Waals surface area (Å²) in [7, 11) is -1.45. The number of aromatic nitrogens is 2. The number of hydrogen-bond acceptors (Lipinski definition) is 4. The van der Waals surface area contributed by atoms with E-state index in [1.54, 1.807) is 11.0 Å². The average Bonchev–Trinajstić information content (AvgIpc) is 3.82. The van der Waals surface area contributed by atoms with E-state index < -0.39 is 25.6 Å². The van der Waals surface area contributed by atoms with E-state index in [-0.39, 0.29) is 51.8 Å². The van der Waals surface area contributed by atoms with Gasteiger partial charge in [-0.05, 0) is 107 Å². The smallest absolute Gasteiger partial charge is 0.255 e. The van der Waals surface area contributed by atoms with Crippen molar-refractivity contribution < 1.29 is 27.2 Å². The van der Waals surface area contributed by atoms with Crippen molar-refractivity contribution >= 4 is 88.0 Å². The van der Waals surface area contributed by atoms with Gasteiger partial charge in [0.15, 0.2) is 5.69 Å². The van der Waals surface area contributed by atoms with Gasteiger partial charge in [-0.25, -0.2) is 22.2 Å². The molecule has 0 radical (unpaired) electrons. The van der Waals surface area contributed by atoms with E-state index >= 15 is 0 Å². The first-order valence-corrected chi connectivity index (χ1v) is 23.5. The van der Waals surface area contributed by atoms with Crippen molar-refractivity contribution in [3.8, 4) is 35.6 Å². The van der Waals surface area contributed by atoms with Crippen LogP contribution in [0.3, 0.4) is 0 Å². The lowest BCUT2D eigenvalue weighted by atomic mass is 10.1. The molecule has 1 aliphatic rings. The molecule has 4 N–H and O–H groups in total. The maximum Gasteiger partial charge on any atom is 0.255 e. The second-order valence-electron chi connectivity index (χ2n) is 13.7. The zero-order valence-electron chi connectivity index (χ0n) is 32.7. The minimum atomic E-state index is -1.45.